The molecule has 0 aliphatic carbocycles. The molecule has 0 amide bonds. The molecule has 0 radical (unpaired) electrons. The van der Waals surface area contributed by atoms with Crippen LogP contribution in [-0.2, 0) is 19.1 Å². The Morgan fingerprint density at radius 2 is 1.36 bits per heavy atom. The molecular weight excluding hydrogens is 356 g/mol. The summed E-state index contributed by atoms with van der Waals surface area (Å²) in [6, 6.07) is 0. The monoisotopic (exact) mass is 398 g/mol. The minimum atomic E-state index is -0.803. The molecule has 5 heteroatoms. The van der Waals surface area contributed by atoms with Crippen LogP contribution in [0.3, 0.4) is 0 Å². The van der Waals surface area contributed by atoms with E-state index in [1.165, 1.54) is 70.3 Å². The topological polar surface area (TPSA) is 72.8 Å². The normalized spacial score (nSPS) is 11.8. The van der Waals surface area contributed by atoms with Crippen LogP contribution in [0.15, 0.2) is 12.7 Å². The standard InChI is InChI=1S/C23H42O5/c1-3-5-6-7-8-9-10-11-12-13-14-15-16-18-22(25)27-20-21(19-24)28-23(26)17-4-2/h4,21,24H,2-3,5-20H2,1H3/t21-/m0/s1. The summed E-state index contributed by atoms with van der Waals surface area (Å²) >= 11 is 0. The fourth-order valence-electron chi connectivity index (χ4n) is 3.02. The van der Waals surface area contributed by atoms with Crippen LogP contribution < -0.4 is 0 Å². The summed E-state index contributed by atoms with van der Waals surface area (Å²) in [5.74, 6) is -0.789. The number of rotatable bonds is 20. The minimum Gasteiger partial charge on any atom is -0.462 e. The molecule has 1 atom stereocenters. The van der Waals surface area contributed by atoms with Crippen molar-refractivity contribution in [2.24, 2.45) is 0 Å². The summed E-state index contributed by atoms with van der Waals surface area (Å²) in [4.78, 5) is 23.0. The molecule has 28 heavy (non-hydrogen) atoms. The van der Waals surface area contributed by atoms with Crippen LogP contribution in [0, 0.1) is 0 Å². The first-order valence-electron chi connectivity index (χ1n) is 11.2. The highest BCUT2D eigenvalue weighted by molar-refractivity contribution is 5.71. The van der Waals surface area contributed by atoms with E-state index >= 15 is 0 Å². The van der Waals surface area contributed by atoms with E-state index in [4.69, 9.17) is 14.6 Å². The SMILES string of the molecule is C=CCC(=O)O[C@@H](CO)COC(=O)CCCCCCCCCCCCCCC. The van der Waals surface area contributed by atoms with Crippen molar-refractivity contribution in [2.45, 2.75) is 109 Å². The van der Waals surface area contributed by atoms with Crippen molar-refractivity contribution in [3.8, 4) is 0 Å². The third kappa shape index (κ3) is 18.0. The van der Waals surface area contributed by atoms with Gasteiger partial charge in [-0.15, -0.1) is 6.58 Å². The molecule has 5 nitrogen and oxygen atoms in total. The molecule has 0 rings (SSSR count). The summed E-state index contributed by atoms with van der Waals surface area (Å²) in [5.41, 5.74) is 0. The van der Waals surface area contributed by atoms with Crippen LogP contribution in [0.4, 0.5) is 0 Å². The van der Waals surface area contributed by atoms with Gasteiger partial charge in [-0.05, 0) is 6.42 Å². The number of ether oxygens (including phenoxy) is 2. The highest BCUT2D eigenvalue weighted by Gasteiger charge is 2.15. The third-order valence-electron chi connectivity index (χ3n) is 4.73. The van der Waals surface area contributed by atoms with Gasteiger partial charge in [0.15, 0.2) is 6.10 Å². The maximum absolute atomic E-state index is 11.7. The average Bonchev–Trinajstić information content (AvgIpc) is 2.68. The summed E-state index contributed by atoms with van der Waals surface area (Å²) in [6.07, 6.45) is 17.5. The Kier molecular flexibility index (Phi) is 19.4. The Morgan fingerprint density at radius 3 is 1.82 bits per heavy atom. The van der Waals surface area contributed by atoms with Gasteiger partial charge in [0.25, 0.3) is 0 Å². The van der Waals surface area contributed by atoms with Gasteiger partial charge in [0.2, 0.25) is 0 Å². The second-order valence-corrected chi connectivity index (χ2v) is 7.46. The first-order valence-corrected chi connectivity index (χ1v) is 11.2. The first-order chi connectivity index (χ1) is 13.6. The number of carbonyl (C=O) groups is 2. The zero-order chi connectivity index (χ0) is 20.9. The summed E-state index contributed by atoms with van der Waals surface area (Å²) in [6.45, 7) is 5.23. The minimum absolute atomic E-state index is 0.0728. The molecule has 1 N–H and O–H groups in total. The smallest absolute Gasteiger partial charge is 0.310 e. The van der Waals surface area contributed by atoms with E-state index in [-0.39, 0.29) is 25.6 Å². The molecule has 0 saturated heterocycles. The predicted octanol–water partition coefficient (Wildman–Crippen LogP) is 5.49. The molecule has 164 valence electrons. The second-order valence-electron chi connectivity index (χ2n) is 7.46. The van der Waals surface area contributed by atoms with E-state index in [1.54, 1.807) is 0 Å². The molecule has 0 aliphatic rings. The highest BCUT2D eigenvalue weighted by atomic mass is 16.6. The molecule has 0 bridgehead atoms. The third-order valence-corrected chi connectivity index (χ3v) is 4.73. The number of hydrogen-bond donors (Lipinski definition) is 1. The van der Waals surface area contributed by atoms with E-state index in [9.17, 15) is 9.59 Å². The van der Waals surface area contributed by atoms with Crippen LogP contribution in [0.2, 0.25) is 0 Å². The Balaban J connectivity index is 3.45. The quantitative estimate of drug-likeness (QED) is 0.167. The van der Waals surface area contributed by atoms with E-state index in [2.05, 4.69) is 13.5 Å². The van der Waals surface area contributed by atoms with Gasteiger partial charge < -0.3 is 14.6 Å². The van der Waals surface area contributed by atoms with E-state index in [0.717, 1.165) is 19.3 Å². The zero-order valence-corrected chi connectivity index (χ0v) is 18.0. The molecule has 0 fully saturated rings. The van der Waals surface area contributed by atoms with Gasteiger partial charge in [-0.2, -0.15) is 0 Å². The van der Waals surface area contributed by atoms with Crippen molar-refractivity contribution in [2.75, 3.05) is 13.2 Å². The fourth-order valence-corrected chi connectivity index (χ4v) is 3.02. The molecule has 0 aromatic carbocycles. The number of esters is 2. The molecule has 0 aromatic heterocycles. The van der Waals surface area contributed by atoms with Crippen molar-refractivity contribution in [3.05, 3.63) is 12.7 Å². The van der Waals surface area contributed by atoms with Gasteiger partial charge in [-0.3, -0.25) is 9.59 Å². The lowest BCUT2D eigenvalue weighted by molar-refractivity contribution is -0.160. The average molecular weight is 399 g/mol. The molecule has 0 heterocycles. The van der Waals surface area contributed by atoms with Crippen molar-refractivity contribution in [3.63, 3.8) is 0 Å². The Bertz CT molecular complexity index is 394. The van der Waals surface area contributed by atoms with Crippen LogP contribution in [0.1, 0.15) is 103 Å². The lowest BCUT2D eigenvalue weighted by Crippen LogP contribution is -2.28. The maximum Gasteiger partial charge on any atom is 0.310 e. The number of aliphatic hydroxyl groups excluding tert-OH is 1. The van der Waals surface area contributed by atoms with Crippen molar-refractivity contribution >= 4 is 11.9 Å². The van der Waals surface area contributed by atoms with Crippen molar-refractivity contribution in [1.29, 1.82) is 0 Å². The number of aliphatic hydroxyl groups is 1. The van der Waals surface area contributed by atoms with Gasteiger partial charge in [-0.25, -0.2) is 0 Å². The first kappa shape index (κ1) is 26.6. The predicted molar refractivity (Wildman–Crippen MR) is 113 cm³/mol. The Hall–Kier alpha value is -1.36. The lowest BCUT2D eigenvalue weighted by atomic mass is 10.0. The van der Waals surface area contributed by atoms with Gasteiger partial charge in [0.1, 0.15) is 6.61 Å². The van der Waals surface area contributed by atoms with Crippen LogP contribution >= 0.6 is 0 Å². The molecule has 0 aromatic rings. The van der Waals surface area contributed by atoms with Crippen molar-refractivity contribution < 1.29 is 24.2 Å². The molecule has 0 aliphatic heterocycles. The van der Waals surface area contributed by atoms with Crippen LogP contribution in [0.5, 0.6) is 0 Å². The van der Waals surface area contributed by atoms with Crippen molar-refractivity contribution in [1.82, 2.24) is 0 Å². The maximum atomic E-state index is 11.7. The zero-order valence-electron chi connectivity index (χ0n) is 18.0. The molecule has 0 spiro atoms. The largest absolute Gasteiger partial charge is 0.462 e. The molecule has 0 saturated carbocycles. The summed E-state index contributed by atoms with van der Waals surface area (Å²) in [5, 5.41) is 9.16. The van der Waals surface area contributed by atoms with Gasteiger partial charge in [0, 0.05) is 6.42 Å². The fraction of sp³-hybridized carbons (Fsp3) is 0.826. The van der Waals surface area contributed by atoms with Crippen LogP contribution in [-0.4, -0.2) is 36.4 Å². The molecular formula is C23H42O5. The van der Waals surface area contributed by atoms with Gasteiger partial charge >= 0.3 is 11.9 Å². The number of carbonyl (C=O) groups excluding carboxylic acids is 2. The Labute approximate surface area is 171 Å². The van der Waals surface area contributed by atoms with Gasteiger partial charge in [-0.1, -0.05) is 90.0 Å². The van der Waals surface area contributed by atoms with E-state index in [1.807, 2.05) is 0 Å². The molecule has 0 unspecified atom stereocenters. The second kappa shape index (κ2) is 20.4. The highest BCUT2D eigenvalue weighted by Crippen LogP contribution is 2.13. The lowest BCUT2D eigenvalue weighted by Gasteiger charge is -2.15. The number of unbranched alkanes of at least 4 members (excludes halogenated alkanes) is 12. The number of hydrogen-bond acceptors (Lipinski definition) is 5. The van der Waals surface area contributed by atoms with E-state index in [0.29, 0.717) is 6.42 Å². The summed E-state index contributed by atoms with van der Waals surface area (Å²) < 4.78 is 10.1. The Morgan fingerprint density at radius 1 is 0.857 bits per heavy atom. The van der Waals surface area contributed by atoms with E-state index < -0.39 is 12.1 Å². The van der Waals surface area contributed by atoms with Gasteiger partial charge in [0.05, 0.1) is 13.0 Å². The van der Waals surface area contributed by atoms with Crippen LogP contribution in [0.25, 0.3) is 0 Å². The summed E-state index contributed by atoms with van der Waals surface area (Å²) in [7, 11) is 0.